The van der Waals surface area contributed by atoms with Crippen LogP contribution in [0, 0.1) is 0 Å². The Kier molecular flexibility index (Phi) is 4.03. The molecule has 0 radical (unpaired) electrons. The van der Waals surface area contributed by atoms with Crippen molar-refractivity contribution in [3.63, 3.8) is 0 Å². The Morgan fingerprint density at radius 2 is 2.05 bits per heavy atom. The summed E-state index contributed by atoms with van der Waals surface area (Å²) < 4.78 is 5.77. The highest BCUT2D eigenvalue weighted by Gasteiger charge is 2.29. The van der Waals surface area contributed by atoms with Crippen LogP contribution < -0.4 is 4.74 Å². The second-order valence-corrected chi connectivity index (χ2v) is 6.30. The molecule has 0 spiro atoms. The molecule has 0 bridgehead atoms. The van der Waals surface area contributed by atoms with E-state index in [9.17, 15) is 5.11 Å². The topological polar surface area (TPSA) is 42.4 Å². The number of aliphatic hydroxyl groups excluding tert-OH is 1. The van der Waals surface area contributed by atoms with Gasteiger partial charge in [0, 0.05) is 5.92 Å². The van der Waals surface area contributed by atoms with Crippen molar-refractivity contribution in [3.8, 4) is 5.75 Å². The average Bonchev–Trinajstić information content (AvgIpc) is 3.26. The van der Waals surface area contributed by atoms with Gasteiger partial charge in [-0.15, -0.1) is 11.3 Å². The summed E-state index contributed by atoms with van der Waals surface area (Å²) in [7, 11) is 0. The molecule has 20 heavy (non-hydrogen) atoms. The standard InChI is InChI=1S/C16H19NO2S/c1-2-11-3-7-13(8-4-11)19-10-15-17-16(12-5-6-12)14(9-18)20-15/h3-4,7-8,12,18H,2,5-6,9-10H2,1H3. The zero-order chi connectivity index (χ0) is 13.9. The van der Waals surface area contributed by atoms with Crippen molar-refractivity contribution < 1.29 is 9.84 Å². The summed E-state index contributed by atoms with van der Waals surface area (Å²) in [6.45, 7) is 2.71. The van der Waals surface area contributed by atoms with Crippen molar-refractivity contribution in [3.05, 3.63) is 45.4 Å². The van der Waals surface area contributed by atoms with Gasteiger partial charge in [-0.1, -0.05) is 19.1 Å². The van der Waals surface area contributed by atoms with E-state index in [4.69, 9.17) is 4.74 Å². The summed E-state index contributed by atoms with van der Waals surface area (Å²) >= 11 is 1.57. The van der Waals surface area contributed by atoms with Crippen LogP contribution in [-0.4, -0.2) is 10.1 Å². The minimum atomic E-state index is 0.0920. The van der Waals surface area contributed by atoms with Gasteiger partial charge in [0.1, 0.15) is 17.4 Å². The largest absolute Gasteiger partial charge is 0.486 e. The maximum Gasteiger partial charge on any atom is 0.140 e. The summed E-state index contributed by atoms with van der Waals surface area (Å²) in [4.78, 5) is 5.63. The van der Waals surface area contributed by atoms with Crippen LogP contribution in [0.5, 0.6) is 5.75 Å². The lowest BCUT2D eigenvalue weighted by atomic mass is 10.2. The Morgan fingerprint density at radius 3 is 2.65 bits per heavy atom. The number of hydrogen-bond donors (Lipinski definition) is 1. The Bertz CT molecular complexity index is 573. The lowest BCUT2D eigenvalue weighted by Crippen LogP contribution is -1.95. The molecule has 1 aliphatic carbocycles. The van der Waals surface area contributed by atoms with E-state index in [2.05, 4.69) is 24.0 Å². The molecule has 4 heteroatoms. The fourth-order valence-corrected chi connectivity index (χ4v) is 3.16. The summed E-state index contributed by atoms with van der Waals surface area (Å²) in [5.41, 5.74) is 2.41. The van der Waals surface area contributed by atoms with E-state index in [1.165, 1.54) is 18.4 Å². The molecule has 1 heterocycles. The average molecular weight is 289 g/mol. The van der Waals surface area contributed by atoms with Crippen molar-refractivity contribution in [1.82, 2.24) is 4.98 Å². The Balaban J connectivity index is 1.65. The number of benzene rings is 1. The lowest BCUT2D eigenvalue weighted by molar-refractivity contribution is 0.284. The van der Waals surface area contributed by atoms with Crippen molar-refractivity contribution in [2.45, 2.75) is 45.3 Å². The predicted octanol–water partition coefficient (Wildman–Crippen LogP) is 3.65. The first-order valence-electron chi connectivity index (χ1n) is 7.11. The van der Waals surface area contributed by atoms with Gasteiger partial charge in [-0.25, -0.2) is 4.98 Å². The van der Waals surface area contributed by atoms with Gasteiger partial charge in [-0.3, -0.25) is 0 Å². The minimum Gasteiger partial charge on any atom is -0.486 e. The van der Waals surface area contributed by atoms with Crippen molar-refractivity contribution >= 4 is 11.3 Å². The van der Waals surface area contributed by atoms with E-state index in [0.29, 0.717) is 12.5 Å². The van der Waals surface area contributed by atoms with Crippen molar-refractivity contribution in [1.29, 1.82) is 0 Å². The lowest BCUT2D eigenvalue weighted by Gasteiger charge is -2.04. The molecule has 0 amide bonds. The highest BCUT2D eigenvalue weighted by molar-refractivity contribution is 7.11. The molecule has 1 aromatic heterocycles. The van der Waals surface area contributed by atoms with E-state index < -0.39 is 0 Å². The van der Waals surface area contributed by atoms with Crippen molar-refractivity contribution in [2.24, 2.45) is 0 Å². The van der Waals surface area contributed by atoms with Gasteiger partial charge in [0.2, 0.25) is 0 Å². The number of hydrogen-bond acceptors (Lipinski definition) is 4. The molecule has 0 unspecified atom stereocenters. The number of thiazole rings is 1. The van der Waals surface area contributed by atoms with Gasteiger partial charge in [0.05, 0.1) is 17.2 Å². The van der Waals surface area contributed by atoms with Crippen LogP contribution in [0.1, 0.15) is 46.8 Å². The SMILES string of the molecule is CCc1ccc(OCc2nc(C3CC3)c(CO)s2)cc1. The first-order valence-corrected chi connectivity index (χ1v) is 7.93. The third kappa shape index (κ3) is 3.02. The summed E-state index contributed by atoms with van der Waals surface area (Å²) in [5.74, 6) is 1.45. The van der Waals surface area contributed by atoms with Crippen LogP contribution in [0.4, 0.5) is 0 Å². The molecular weight excluding hydrogens is 270 g/mol. The number of aryl methyl sites for hydroxylation is 1. The normalized spacial score (nSPS) is 14.5. The monoisotopic (exact) mass is 289 g/mol. The first-order chi connectivity index (χ1) is 9.80. The quantitative estimate of drug-likeness (QED) is 0.882. The van der Waals surface area contributed by atoms with E-state index in [0.717, 1.165) is 27.7 Å². The first kappa shape index (κ1) is 13.6. The molecule has 1 aliphatic rings. The van der Waals surface area contributed by atoms with Crippen LogP contribution in [0.2, 0.25) is 0 Å². The highest BCUT2D eigenvalue weighted by Crippen LogP contribution is 2.42. The van der Waals surface area contributed by atoms with E-state index in [1.807, 2.05) is 12.1 Å². The van der Waals surface area contributed by atoms with Crippen LogP contribution in [0.25, 0.3) is 0 Å². The van der Waals surface area contributed by atoms with Gasteiger partial charge in [-0.05, 0) is 37.0 Å². The molecule has 1 aromatic carbocycles. The Hall–Kier alpha value is -1.39. The molecule has 3 rings (SSSR count). The Labute approximate surface area is 123 Å². The van der Waals surface area contributed by atoms with Crippen LogP contribution in [0.15, 0.2) is 24.3 Å². The molecule has 3 nitrogen and oxygen atoms in total. The number of aromatic nitrogens is 1. The maximum atomic E-state index is 9.38. The molecule has 0 atom stereocenters. The molecular formula is C16H19NO2S. The molecule has 1 saturated carbocycles. The van der Waals surface area contributed by atoms with E-state index in [-0.39, 0.29) is 6.61 Å². The zero-order valence-corrected chi connectivity index (χ0v) is 12.4. The zero-order valence-electron chi connectivity index (χ0n) is 11.6. The minimum absolute atomic E-state index is 0.0920. The maximum absolute atomic E-state index is 9.38. The van der Waals surface area contributed by atoms with Crippen LogP contribution in [0.3, 0.4) is 0 Å². The van der Waals surface area contributed by atoms with Gasteiger partial charge in [-0.2, -0.15) is 0 Å². The van der Waals surface area contributed by atoms with Gasteiger partial charge < -0.3 is 9.84 Å². The fourth-order valence-electron chi connectivity index (χ4n) is 2.23. The highest BCUT2D eigenvalue weighted by atomic mass is 32.1. The summed E-state index contributed by atoms with van der Waals surface area (Å²) in [5, 5.41) is 10.3. The molecule has 0 saturated heterocycles. The van der Waals surface area contributed by atoms with Crippen molar-refractivity contribution in [2.75, 3.05) is 0 Å². The smallest absolute Gasteiger partial charge is 0.140 e. The second-order valence-electron chi connectivity index (χ2n) is 5.13. The second kappa shape index (κ2) is 5.94. The molecule has 2 aromatic rings. The number of rotatable bonds is 6. The van der Waals surface area contributed by atoms with E-state index in [1.54, 1.807) is 11.3 Å². The number of ether oxygens (including phenoxy) is 1. The van der Waals surface area contributed by atoms with Gasteiger partial charge in [0.15, 0.2) is 0 Å². The third-order valence-corrected chi connectivity index (χ3v) is 4.60. The third-order valence-electron chi connectivity index (χ3n) is 3.57. The van der Waals surface area contributed by atoms with E-state index >= 15 is 0 Å². The number of nitrogens with zero attached hydrogens (tertiary/aromatic N) is 1. The molecule has 1 fully saturated rings. The van der Waals surface area contributed by atoms with Gasteiger partial charge >= 0.3 is 0 Å². The summed E-state index contributed by atoms with van der Waals surface area (Å²) in [6.07, 6.45) is 3.45. The van der Waals surface area contributed by atoms with Crippen LogP contribution >= 0.6 is 11.3 Å². The Morgan fingerprint density at radius 1 is 1.30 bits per heavy atom. The molecule has 0 aliphatic heterocycles. The molecule has 1 N–H and O–H groups in total. The predicted molar refractivity (Wildman–Crippen MR) is 80.2 cm³/mol. The van der Waals surface area contributed by atoms with Gasteiger partial charge in [0.25, 0.3) is 0 Å². The molecule has 106 valence electrons. The fraction of sp³-hybridized carbons (Fsp3) is 0.438. The number of aliphatic hydroxyl groups is 1. The summed E-state index contributed by atoms with van der Waals surface area (Å²) in [6, 6.07) is 8.18. The van der Waals surface area contributed by atoms with Crippen LogP contribution in [-0.2, 0) is 19.6 Å².